The number of hydrogen-bond donors (Lipinski definition) is 1. The third-order valence-corrected chi connectivity index (χ3v) is 7.78. The number of nitrogens with zero attached hydrogens (tertiary/aromatic N) is 2. The van der Waals surface area contributed by atoms with Gasteiger partial charge in [0.15, 0.2) is 0 Å². The number of methoxy groups -OCH3 is 2. The van der Waals surface area contributed by atoms with Crippen LogP contribution in [-0.2, 0) is 16.1 Å². The van der Waals surface area contributed by atoms with Crippen LogP contribution >= 0.6 is 0 Å². The third kappa shape index (κ3) is 8.69. The number of ether oxygens (including phenoxy) is 6. The topological polar surface area (TPSA) is 73.9 Å². The van der Waals surface area contributed by atoms with Gasteiger partial charge in [-0.3, -0.25) is 0 Å². The second-order valence-electron chi connectivity index (χ2n) is 10.7. The third-order valence-electron chi connectivity index (χ3n) is 7.78. The Hall–Kier alpha value is -3.66. The highest BCUT2D eigenvalue weighted by molar-refractivity contribution is 5.63. The normalized spacial score (nSPS) is 16.4. The van der Waals surface area contributed by atoms with Gasteiger partial charge in [0, 0.05) is 63.6 Å². The molecule has 0 saturated carbocycles. The Morgan fingerprint density at radius 1 is 0.884 bits per heavy atom. The fourth-order valence-electron chi connectivity index (χ4n) is 5.51. The van der Waals surface area contributed by atoms with E-state index in [1.807, 2.05) is 48.5 Å². The molecule has 43 heavy (non-hydrogen) atoms. The van der Waals surface area contributed by atoms with Gasteiger partial charge in [0.25, 0.3) is 0 Å². The first-order chi connectivity index (χ1) is 21.2. The molecule has 232 valence electrons. The van der Waals surface area contributed by atoms with E-state index in [2.05, 4.69) is 33.3 Å². The summed E-state index contributed by atoms with van der Waals surface area (Å²) < 4.78 is 34.7. The van der Waals surface area contributed by atoms with E-state index in [1.54, 1.807) is 14.2 Å². The number of para-hydroxylation sites is 1. The fraction of sp³-hybridized carbons (Fsp3) is 0.471. The zero-order valence-corrected chi connectivity index (χ0v) is 25.5. The first-order valence-electron chi connectivity index (χ1n) is 15.3. The largest absolute Gasteiger partial charge is 0.496 e. The average Bonchev–Trinajstić information content (AvgIpc) is 3.06. The number of anilines is 2. The maximum Gasteiger partial charge on any atom is 0.142 e. The molecular formula is C34H45N3O6. The molecule has 0 amide bonds. The van der Waals surface area contributed by atoms with Crippen molar-refractivity contribution in [1.29, 1.82) is 0 Å². The van der Waals surface area contributed by atoms with Gasteiger partial charge in [-0.1, -0.05) is 18.2 Å². The van der Waals surface area contributed by atoms with Crippen LogP contribution in [0.3, 0.4) is 0 Å². The number of benzene rings is 3. The molecule has 2 heterocycles. The van der Waals surface area contributed by atoms with Crippen molar-refractivity contribution in [3.05, 3.63) is 72.3 Å². The maximum absolute atomic E-state index is 6.36. The van der Waals surface area contributed by atoms with Crippen molar-refractivity contribution in [3.8, 4) is 23.0 Å². The Kier molecular flexibility index (Phi) is 11.6. The number of hydrogen-bond acceptors (Lipinski definition) is 9. The molecule has 3 aromatic rings. The molecule has 2 aliphatic heterocycles. The van der Waals surface area contributed by atoms with E-state index < -0.39 is 0 Å². The van der Waals surface area contributed by atoms with Gasteiger partial charge < -0.3 is 43.5 Å². The molecule has 1 saturated heterocycles. The molecule has 5 rings (SSSR count). The Balaban J connectivity index is 1.08. The van der Waals surface area contributed by atoms with Gasteiger partial charge in [-0.05, 0) is 48.9 Å². The van der Waals surface area contributed by atoms with E-state index in [0.717, 1.165) is 86.4 Å². The molecule has 3 aromatic carbocycles. The Bertz CT molecular complexity index is 1260. The van der Waals surface area contributed by atoms with E-state index in [1.165, 1.54) is 5.69 Å². The minimum absolute atomic E-state index is 0.214. The smallest absolute Gasteiger partial charge is 0.142 e. The summed E-state index contributed by atoms with van der Waals surface area (Å²) in [4.78, 5) is 4.78. The highest BCUT2D eigenvalue weighted by Gasteiger charge is 2.24. The zero-order chi connectivity index (χ0) is 29.7. The summed E-state index contributed by atoms with van der Waals surface area (Å²) >= 11 is 0. The molecule has 2 aliphatic rings. The standard InChI is InChI=1S/C34H45N3O6/c1-38-19-5-16-36-18-22-42-34-14-13-31(23-32(34)36)43-26-29-24-35-15-17-37(29)28-9-11-30(12-10-28)41-21-6-20-40-25-27-7-3-4-8-33(27)39-2/h3-4,7-14,23,29,35H,5-6,15-22,24-26H2,1-2H3/t29-/m1/s1. The molecule has 0 aliphatic carbocycles. The van der Waals surface area contributed by atoms with Gasteiger partial charge in [-0.2, -0.15) is 0 Å². The molecule has 1 fully saturated rings. The Morgan fingerprint density at radius 3 is 2.60 bits per heavy atom. The Labute approximate surface area is 255 Å². The quantitative estimate of drug-likeness (QED) is 0.237. The van der Waals surface area contributed by atoms with Gasteiger partial charge in [-0.15, -0.1) is 0 Å². The lowest BCUT2D eigenvalue weighted by molar-refractivity contribution is 0.105. The number of nitrogens with one attached hydrogen (secondary N) is 1. The van der Waals surface area contributed by atoms with E-state index in [9.17, 15) is 0 Å². The van der Waals surface area contributed by atoms with Crippen LogP contribution < -0.4 is 34.1 Å². The average molecular weight is 592 g/mol. The van der Waals surface area contributed by atoms with Crippen molar-refractivity contribution in [2.75, 3.05) is 89.8 Å². The van der Waals surface area contributed by atoms with E-state index in [4.69, 9.17) is 28.4 Å². The monoisotopic (exact) mass is 591 g/mol. The number of piperazine rings is 1. The molecule has 0 unspecified atom stereocenters. The lowest BCUT2D eigenvalue weighted by Gasteiger charge is -2.38. The van der Waals surface area contributed by atoms with Gasteiger partial charge in [0.05, 0.1) is 45.2 Å². The summed E-state index contributed by atoms with van der Waals surface area (Å²) in [5.41, 5.74) is 3.32. The predicted molar refractivity (Wildman–Crippen MR) is 169 cm³/mol. The fourth-order valence-corrected chi connectivity index (χ4v) is 5.51. The van der Waals surface area contributed by atoms with Crippen LogP contribution in [0.4, 0.5) is 11.4 Å². The van der Waals surface area contributed by atoms with Crippen molar-refractivity contribution < 1.29 is 28.4 Å². The molecule has 0 radical (unpaired) electrons. The lowest BCUT2D eigenvalue weighted by Crippen LogP contribution is -2.54. The summed E-state index contributed by atoms with van der Waals surface area (Å²) in [6.45, 7) is 8.33. The lowest BCUT2D eigenvalue weighted by atomic mass is 10.1. The highest BCUT2D eigenvalue weighted by atomic mass is 16.5. The van der Waals surface area contributed by atoms with E-state index in [0.29, 0.717) is 33.0 Å². The Morgan fingerprint density at radius 2 is 1.74 bits per heavy atom. The minimum Gasteiger partial charge on any atom is -0.496 e. The second-order valence-corrected chi connectivity index (χ2v) is 10.7. The van der Waals surface area contributed by atoms with Crippen molar-refractivity contribution in [1.82, 2.24) is 5.32 Å². The molecular weight excluding hydrogens is 546 g/mol. The van der Waals surface area contributed by atoms with Crippen LogP contribution in [0.25, 0.3) is 0 Å². The van der Waals surface area contributed by atoms with Gasteiger partial charge in [0.2, 0.25) is 0 Å². The summed E-state index contributed by atoms with van der Waals surface area (Å²) in [5, 5.41) is 3.52. The van der Waals surface area contributed by atoms with Crippen molar-refractivity contribution >= 4 is 11.4 Å². The van der Waals surface area contributed by atoms with Crippen LogP contribution in [0.15, 0.2) is 66.7 Å². The molecule has 0 bridgehead atoms. The van der Waals surface area contributed by atoms with Crippen LogP contribution in [0.1, 0.15) is 18.4 Å². The van der Waals surface area contributed by atoms with Gasteiger partial charge in [0.1, 0.15) is 36.2 Å². The first-order valence-corrected chi connectivity index (χ1v) is 15.3. The van der Waals surface area contributed by atoms with Gasteiger partial charge >= 0.3 is 0 Å². The number of rotatable bonds is 16. The van der Waals surface area contributed by atoms with Crippen LogP contribution in [0.5, 0.6) is 23.0 Å². The molecule has 0 aromatic heterocycles. The summed E-state index contributed by atoms with van der Waals surface area (Å²) in [6.07, 6.45) is 1.79. The van der Waals surface area contributed by atoms with E-state index in [-0.39, 0.29) is 6.04 Å². The maximum atomic E-state index is 6.36. The minimum atomic E-state index is 0.214. The van der Waals surface area contributed by atoms with Crippen molar-refractivity contribution in [2.24, 2.45) is 0 Å². The molecule has 1 atom stereocenters. The summed E-state index contributed by atoms with van der Waals surface area (Å²) in [6, 6.07) is 22.7. The van der Waals surface area contributed by atoms with Crippen molar-refractivity contribution in [3.63, 3.8) is 0 Å². The van der Waals surface area contributed by atoms with E-state index >= 15 is 0 Å². The highest BCUT2D eigenvalue weighted by Crippen LogP contribution is 2.35. The second kappa shape index (κ2) is 16.3. The number of fused-ring (bicyclic) bond motifs is 1. The first kappa shape index (κ1) is 30.8. The van der Waals surface area contributed by atoms with Crippen LogP contribution in [-0.4, -0.2) is 86.0 Å². The van der Waals surface area contributed by atoms with Crippen molar-refractivity contribution in [2.45, 2.75) is 25.5 Å². The summed E-state index contributed by atoms with van der Waals surface area (Å²) in [5.74, 6) is 3.50. The molecule has 0 spiro atoms. The van der Waals surface area contributed by atoms with Gasteiger partial charge in [-0.25, -0.2) is 0 Å². The predicted octanol–water partition coefficient (Wildman–Crippen LogP) is 4.77. The molecule has 9 heteroatoms. The zero-order valence-electron chi connectivity index (χ0n) is 25.5. The van der Waals surface area contributed by atoms with Crippen LogP contribution in [0.2, 0.25) is 0 Å². The summed E-state index contributed by atoms with van der Waals surface area (Å²) in [7, 11) is 3.43. The SMILES string of the molecule is COCCCN1CCOc2ccc(OC[C@H]3CNCCN3c3ccc(OCCCOCc4ccccc4OC)cc3)cc21. The molecule has 1 N–H and O–H groups in total. The molecule has 9 nitrogen and oxygen atoms in total. The van der Waals surface area contributed by atoms with Crippen LogP contribution in [0, 0.1) is 0 Å².